The van der Waals surface area contributed by atoms with Gasteiger partial charge in [0.25, 0.3) is 5.91 Å². The molecular formula is C16H13F2N5O2. The largest absolute Gasteiger partial charge is 0.435 e. The topological polar surface area (TPSA) is 81.9 Å². The summed E-state index contributed by atoms with van der Waals surface area (Å²) in [4.78, 5) is 12.3. The minimum atomic E-state index is -2.91. The lowest BCUT2D eigenvalue weighted by atomic mass is 10.1. The summed E-state index contributed by atoms with van der Waals surface area (Å²) < 4.78 is 30.0. The molecule has 9 heteroatoms. The van der Waals surface area contributed by atoms with Crippen LogP contribution in [0.15, 0.2) is 48.5 Å². The van der Waals surface area contributed by atoms with Crippen molar-refractivity contribution >= 4 is 11.6 Å². The molecule has 0 radical (unpaired) electrons. The first kappa shape index (κ1) is 16.5. The lowest BCUT2D eigenvalue weighted by Crippen LogP contribution is -2.12. The Balaban J connectivity index is 1.74. The lowest BCUT2D eigenvalue weighted by Gasteiger charge is -2.08. The molecule has 3 rings (SSSR count). The molecule has 1 heterocycles. The van der Waals surface area contributed by atoms with Crippen molar-refractivity contribution in [2.24, 2.45) is 7.05 Å². The van der Waals surface area contributed by atoms with Gasteiger partial charge in [-0.05, 0) is 46.8 Å². The standard InChI is InChI=1S/C16H13F2N5O2/c1-23-14(20-21-22-23)11-3-2-4-12(9-11)19-15(24)10-5-7-13(8-6-10)25-16(17)18/h2-9,16H,1H3,(H,19,24). The fourth-order valence-corrected chi connectivity index (χ4v) is 2.20. The molecule has 1 N–H and O–H groups in total. The first-order valence-corrected chi connectivity index (χ1v) is 7.22. The van der Waals surface area contributed by atoms with Crippen molar-refractivity contribution in [2.45, 2.75) is 6.61 Å². The van der Waals surface area contributed by atoms with Gasteiger partial charge in [0.2, 0.25) is 0 Å². The first-order valence-electron chi connectivity index (χ1n) is 7.22. The minimum Gasteiger partial charge on any atom is -0.435 e. The molecule has 0 unspecified atom stereocenters. The van der Waals surface area contributed by atoms with Crippen molar-refractivity contribution in [3.05, 3.63) is 54.1 Å². The number of hydrogen-bond acceptors (Lipinski definition) is 5. The SMILES string of the molecule is Cn1nnnc1-c1cccc(NC(=O)c2ccc(OC(F)F)cc2)c1. The summed E-state index contributed by atoms with van der Waals surface area (Å²) in [7, 11) is 1.71. The van der Waals surface area contributed by atoms with E-state index in [2.05, 4.69) is 25.6 Å². The maximum atomic E-state index is 12.3. The van der Waals surface area contributed by atoms with Gasteiger partial charge in [0.05, 0.1) is 0 Å². The van der Waals surface area contributed by atoms with Crippen LogP contribution >= 0.6 is 0 Å². The maximum Gasteiger partial charge on any atom is 0.387 e. The molecule has 0 aliphatic heterocycles. The third kappa shape index (κ3) is 3.94. The van der Waals surface area contributed by atoms with Crippen LogP contribution in [-0.2, 0) is 7.05 Å². The molecule has 7 nitrogen and oxygen atoms in total. The molecule has 25 heavy (non-hydrogen) atoms. The van der Waals surface area contributed by atoms with E-state index >= 15 is 0 Å². The number of amides is 1. The first-order chi connectivity index (χ1) is 12.0. The predicted molar refractivity (Wildman–Crippen MR) is 85.3 cm³/mol. The second kappa shape index (κ2) is 7.04. The number of ether oxygens (including phenoxy) is 1. The molecule has 3 aromatic rings. The summed E-state index contributed by atoms with van der Waals surface area (Å²) in [5.41, 5.74) is 1.61. The Morgan fingerprint density at radius 3 is 2.60 bits per heavy atom. The second-order valence-corrected chi connectivity index (χ2v) is 5.06. The summed E-state index contributed by atoms with van der Waals surface area (Å²) in [6, 6.07) is 12.5. The molecular weight excluding hydrogens is 332 g/mol. The number of rotatable bonds is 5. The number of alkyl halides is 2. The zero-order valence-electron chi connectivity index (χ0n) is 13.1. The van der Waals surface area contributed by atoms with Crippen molar-refractivity contribution in [1.82, 2.24) is 20.2 Å². The van der Waals surface area contributed by atoms with Gasteiger partial charge in [-0.2, -0.15) is 8.78 Å². The smallest absolute Gasteiger partial charge is 0.387 e. The summed E-state index contributed by atoms with van der Waals surface area (Å²) in [6.07, 6.45) is 0. The number of carbonyl (C=O) groups excluding carboxylic acids is 1. The number of benzene rings is 2. The van der Waals surface area contributed by atoms with Crippen LogP contribution in [0, 0.1) is 0 Å². The Bertz CT molecular complexity index is 880. The van der Waals surface area contributed by atoms with Crippen LogP contribution in [0.25, 0.3) is 11.4 Å². The number of nitrogens with one attached hydrogen (secondary N) is 1. The van der Waals surface area contributed by atoms with Gasteiger partial charge in [0.15, 0.2) is 5.82 Å². The summed E-state index contributed by atoms with van der Waals surface area (Å²) >= 11 is 0. The number of hydrogen-bond donors (Lipinski definition) is 1. The normalized spacial score (nSPS) is 10.7. The van der Waals surface area contributed by atoms with E-state index in [0.29, 0.717) is 17.1 Å². The minimum absolute atomic E-state index is 0.0108. The van der Waals surface area contributed by atoms with Crippen molar-refractivity contribution in [3.63, 3.8) is 0 Å². The number of aryl methyl sites for hydroxylation is 1. The molecule has 2 aromatic carbocycles. The van der Waals surface area contributed by atoms with Gasteiger partial charge in [-0.15, -0.1) is 5.10 Å². The van der Waals surface area contributed by atoms with Crippen LogP contribution < -0.4 is 10.1 Å². The fraction of sp³-hybridized carbons (Fsp3) is 0.125. The van der Waals surface area contributed by atoms with E-state index in [9.17, 15) is 13.6 Å². The fourth-order valence-electron chi connectivity index (χ4n) is 2.20. The highest BCUT2D eigenvalue weighted by Crippen LogP contribution is 2.21. The molecule has 0 atom stereocenters. The predicted octanol–water partition coefficient (Wildman–Crippen LogP) is 2.73. The lowest BCUT2D eigenvalue weighted by molar-refractivity contribution is -0.0498. The number of anilines is 1. The molecule has 1 amide bonds. The Morgan fingerprint density at radius 1 is 1.20 bits per heavy atom. The maximum absolute atomic E-state index is 12.3. The van der Waals surface area contributed by atoms with E-state index in [1.165, 1.54) is 28.9 Å². The highest BCUT2D eigenvalue weighted by Gasteiger charge is 2.10. The van der Waals surface area contributed by atoms with E-state index in [-0.39, 0.29) is 11.7 Å². The van der Waals surface area contributed by atoms with Gasteiger partial charge in [-0.25, -0.2) is 4.68 Å². The quantitative estimate of drug-likeness (QED) is 0.769. The molecule has 1 aromatic heterocycles. The Morgan fingerprint density at radius 2 is 1.96 bits per heavy atom. The van der Waals surface area contributed by atoms with E-state index in [1.54, 1.807) is 25.2 Å². The highest BCUT2D eigenvalue weighted by atomic mass is 19.3. The summed E-state index contributed by atoms with van der Waals surface area (Å²) in [5, 5.41) is 14.0. The van der Waals surface area contributed by atoms with Crippen LogP contribution in [0.1, 0.15) is 10.4 Å². The van der Waals surface area contributed by atoms with Gasteiger partial charge in [-0.3, -0.25) is 4.79 Å². The van der Waals surface area contributed by atoms with Gasteiger partial charge in [-0.1, -0.05) is 12.1 Å². The van der Waals surface area contributed by atoms with E-state index in [4.69, 9.17) is 0 Å². The van der Waals surface area contributed by atoms with E-state index in [0.717, 1.165) is 5.56 Å². The molecule has 0 spiro atoms. The summed E-state index contributed by atoms with van der Waals surface area (Å²) in [6.45, 7) is -2.91. The van der Waals surface area contributed by atoms with Crippen LogP contribution in [0.4, 0.5) is 14.5 Å². The van der Waals surface area contributed by atoms with Crippen molar-refractivity contribution in [1.29, 1.82) is 0 Å². The van der Waals surface area contributed by atoms with Crippen LogP contribution in [-0.4, -0.2) is 32.7 Å². The molecule has 0 aliphatic carbocycles. The monoisotopic (exact) mass is 345 g/mol. The third-order valence-corrected chi connectivity index (χ3v) is 3.34. The van der Waals surface area contributed by atoms with Crippen molar-refractivity contribution in [2.75, 3.05) is 5.32 Å². The Hall–Kier alpha value is -3.36. The number of nitrogens with zero attached hydrogens (tertiary/aromatic N) is 4. The molecule has 0 saturated carbocycles. The van der Waals surface area contributed by atoms with Crippen LogP contribution in [0.3, 0.4) is 0 Å². The molecule has 0 aliphatic rings. The van der Waals surface area contributed by atoms with Crippen molar-refractivity contribution < 1.29 is 18.3 Å². The van der Waals surface area contributed by atoms with E-state index in [1.807, 2.05) is 6.07 Å². The second-order valence-electron chi connectivity index (χ2n) is 5.06. The molecule has 0 fully saturated rings. The number of halogens is 2. The summed E-state index contributed by atoms with van der Waals surface area (Å²) in [5.74, 6) is 0.171. The van der Waals surface area contributed by atoms with Gasteiger partial charge >= 0.3 is 6.61 Å². The van der Waals surface area contributed by atoms with Gasteiger partial charge in [0.1, 0.15) is 5.75 Å². The number of aromatic nitrogens is 4. The average Bonchev–Trinajstić information content (AvgIpc) is 3.01. The Kier molecular flexibility index (Phi) is 4.64. The molecule has 128 valence electrons. The van der Waals surface area contributed by atoms with Crippen LogP contribution in [0.2, 0.25) is 0 Å². The zero-order chi connectivity index (χ0) is 17.8. The number of carbonyl (C=O) groups is 1. The van der Waals surface area contributed by atoms with Gasteiger partial charge in [0, 0.05) is 23.9 Å². The zero-order valence-corrected chi connectivity index (χ0v) is 13.1. The Labute approximate surface area is 141 Å². The molecule has 0 saturated heterocycles. The number of tetrazole rings is 1. The highest BCUT2D eigenvalue weighted by molar-refractivity contribution is 6.04. The van der Waals surface area contributed by atoms with Crippen molar-refractivity contribution in [3.8, 4) is 17.1 Å². The average molecular weight is 345 g/mol. The van der Waals surface area contributed by atoms with E-state index < -0.39 is 6.61 Å². The molecule has 0 bridgehead atoms. The third-order valence-electron chi connectivity index (χ3n) is 3.34. The van der Waals surface area contributed by atoms with Crippen LogP contribution in [0.5, 0.6) is 5.75 Å². The van der Waals surface area contributed by atoms with Gasteiger partial charge < -0.3 is 10.1 Å².